The summed E-state index contributed by atoms with van der Waals surface area (Å²) in [7, 11) is 0. The van der Waals surface area contributed by atoms with E-state index in [1.165, 1.54) is 12.1 Å². The van der Waals surface area contributed by atoms with Crippen molar-refractivity contribution >= 4 is 17.4 Å². The van der Waals surface area contributed by atoms with E-state index in [1.54, 1.807) is 0 Å². The number of halogens is 2. The van der Waals surface area contributed by atoms with Crippen molar-refractivity contribution in [3.8, 4) is 0 Å². The van der Waals surface area contributed by atoms with E-state index in [9.17, 15) is 8.78 Å². The first-order chi connectivity index (χ1) is 9.36. The molecule has 1 aliphatic heterocycles. The predicted octanol–water partition coefficient (Wildman–Crippen LogP) is 3.18. The summed E-state index contributed by atoms with van der Waals surface area (Å²) in [5.41, 5.74) is 6.41. The Morgan fingerprint density at radius 1 is 1.25 bits per heavy atom. The highest BCUT2D eigenvalue weighted by Crippen LogP contribution is 2.32. The molecule has 0 radical (unpaired) electrons. The number of nitrogens with two attached hydrogens (primary N) is 1. The zero-order valence-electron chi connectivity index (χ0n) is 12.2. The van der Waals surface area contributed by atoms with Gasteiger partial charge in [0.25, 0.3) is 0 Å². The van der Waals surface area contributed by atoms with Crippen LogP contribution < -0.4 is 10.6 Å². The molecular formula is C15H22F2N2S. The summed E-state index contributed by atoms with van der Waals surface area (Å²) in [5, 5.41) is 0.752. The molecule has 0 amide bonds. The second-order valence-electron chi connectivity index (χ2n) is 5.75. The second kappa shape index (κ2) is 6.31. The lowest BCUT2D eigenvalue weighted by Gasteiger charge is -2.36. The van der Waals surface area contributed by atoms with Crippen LogP contribution in [0.1, 0.15) is 26.3 Å². The summed E-state index contributed by atoms with van der Waals surface area (Å²) in [4.78, 5) is 1.83. The summed E-state index contributed by atoms with van der Waals surface area (Å²) in [6.45, 7) is 7.36. The lowest BCUT2D eigenvalue weighted by atomic mass is 10.1. The van der Waals surface area contributed by atoms with Crippen LogP contribution in [0, 0.1) is 11.6 Å². The minimum Gasteiger partial charge on any atom is -0.365 e. The molecule has 20 heavy (non-hydrogen) atoms. The molecule has 2 N–H and O–H groups in total. The van der Waals surface area contributed by atoms with Crippen LogP contribution in [0.15, 0.2) is 12.1 Å². The largest absolute Gasteiger partial charge is 0.365 e. The zero-order valence-corrected chi connectivity index (χ0v) is 13.0. The smallest absolute Gasteiger partial charge is 0.149 e. The van der Waals surface area contributed by atoms with E-state index in [0.29, 0.717) is 35.6 Å². The average molecular weight is 300 g/mol. The van der Waals surface area contributed by atoms with Gasteiger partial charge in [0.05, 0.1) is 0 Å². The van der Waals surface area contributed by atoms with Gasteiger partial charge in [0, 0.05) is 29.6 Å². The Morgan fingerprint density at radius 3 is 2.20 bits per heavy atom. The fourth-order valence-corrected chi connectivity index (χ4v) is 4.10. The quantitative estimate of drug-likeness (QED) is 0.929. The molecule has 0 bridgehead atoms. The van der Waals surface area contributed by atoms with Crippen LogP contribution in [0.4, 0.5) is 14.5 Å². The van der Waals surface area contributed by atoms with Crippen LogP contribution in [-0.4, -0.2) is 29.6 Å². The summed E-state index contributed by atoms with van der Waals surface area (Å²) in [6, 6.07) is 2.73. The summed E-state index contributed by atoms with van der Waals surface area (Å²) >= 11 is 1.86. The van der Waals surface area contributed by atoms with E-state index < -0.39 is 11.6 Å². The molecule has 1 heterocycles. The standard InChI is InChI=1S/C15H22F2N2S/c1-9(18)4-12-5-13(16)15(14(17)6-12)19-7-10(2)20-11(3)8-19/h5-6,9-11H,4,7-8,18H2,1-3H3. The zero-order chi connectivity index (χ0) is 14.9. The summed E-state index contributed by atoms with van der Waals surface area (Å²) in [6.07, 6.45) is 0.483. The summed E-state index contributed by atoms with van der Waals surface area (Å²) < 4.78 is 28.5. The molecule has 1 aromatic carbocycles. The molecule has 2 nitrogen and oxygen atoms in total. The Balaban J connectivity index is 2.27. The Morgan fingerprint density at radius 2 is 1.75 bits per heavy atom. The third-order valence-electron chi connectivity index (χ3n) is 3.37. The highest BCUT2D eigenvalue weighted by Gasteiger charge is 2.26. The first-order valence-electron chi connectivity index (χ1n) is 7.00. The number of nitrogens with zero attached hydrogens (tertiary/aromatic N) is 1. The first kappa shape index (κ1) is 15.6. The summed E-state index contributed by atoms with van der Waals surface area (Å²) in [5.74, 6) is -0.959. The highest BCUT2D eigenvalue weighted by atomic mass is 32.2. The van der Waals surface area contributed by atoms with Crippen molar-refractivity contribution in [3.05, 3.63) is 29.3 Å². The van der Waals surface area contributed by atoms with Gasteiger partial charge in [0.2, 0.25) is 0 Å². The van der Waals surface area contributed by atoms with Crippen LogP contribution in [0.2, 0.25) is 0 Å². The molecule has 112 valence electrons. The number of anilines is 1. The fourth-order valence-electron chi connectivity index (χ4n) is 2.77. The van der Waals surface area contributed by atoms with Crippen LogP contribution >= 0.6 is 11.8 Å². The molecule has 0 aliphatic carbocycles. The number of hydrogen-bond acceptors (Lipinski definition) is 3. The lowest BCUT2D eigenvalue weighted by Crippen LogP contribution is -2.41. The molecule has 3 atom stereocenters. The van der Waals surface area contributed by atoms with Gasteiger partial charge in [-0.2, -0.15) is 11.8 Å². The first-order valence-corrected chi connectivity index (χ1v) is 7.95. The van der Waals surface area contributed by atoms with Gasteiger partial charge in [0.15, 0.2) is 0 Å². The Labute approximate surface area is 123 Å². The Kier molecular flexibility index (Phi) is 4.91. The van der Waals surface area contributed by atoms with E-state index in [0.717, 1.165) is 0 Å². The van der Waals surface area contributed by atoms with E-state index in [2.05, 4.69) is 13.8 Å². The van der Waals surface area contributed by atoms with Crippen LogP contribution in [-0.2, 0) is 6.42 Å². The lowest BCUT2D eigenvalue weighted by molar-refractivity contribution is 0.561. The van der Waals surface area contributed by atoms with Gasteiger partial charge in [-0.3, -0.25) is 0 Å². The normalized spacial score (nSPS) is 24.8. The SMILES string of the molecule is CC(N)Cc1cc(F)c(N2CC(C)SC(C)C2)c(F)c1. The molecule has 1 fully saturated rings. The van der Waals surface area contributed by atoms with Crippen molar-refractivity contribution in [3.63, 3.8) is 0 Å². The average Bonchev–Trinajstić information content (AvgIpc) is 2.24. The third kappa shape index (κ3) is 3.64. The van der Waals surface area contributed by atoms with Crippen molar-refractivity contribution in [1.82, 2.24) is 0 Å². The second-order valence-corrected chi connectivity index (χ2v) is 7.63. The minimum absolute atomic E-state index is 0.105. The topological polar surface area (TPSA) is 29.3 Å². The number of hydrogen-bond donors (Lipinski definition) is 1. The molecule has 0 aromatic heterocycles. The van der Waals surface area contributed by atoms with Crippen LogP contribution in [0.3, 0.4) is 0 Å². The molecular weight excluding hydrogens is 278 g/mol. The van der Waals surface area contributed by atoms with E-state index in [1.807, 2.05) is 23.6 Å². The van der Waals surface area contributed by atoms with Gasteiger partial charge < -0.3 is 10.6 Å². The predicted molar refractivity (Wildman–Crippen MR) is 82.4 cm³/mol. The van der Waals surface area contributed by atoms with E-state index in [4.69, 9.17) is 5.73 Å². The molecule has 2 rings (SSSR count). The van der Waals surface area contributed by atoms with Gasteiger partial charge in [-0.1, -0.05) is 13.8 Å². The van der Waals surface area contributed by atoms with Gasteiger partial charge in [0.1, 0.15) is 17.3 Å². The molecule has 5 heteroatoms. The Bertz CT molecular complexity index is 446. The van der Waals surface area contributed by atoms with Crippen LogP contribution in [0.25, 0.3) is 0 Å². The van der Waals surface area contributed by atoms with Crippen molar-refractivity contribution in [2.75, 3.05) is 18.0 Å². The molecule has 0 saturated carbocycles. The molecule has 1 saturated heterocycles. The maximum Gasteiger partial charge on any atom is 0.149 e. The van der Waals surface area contributed by atoms with Crippen LogP contribution in [0.5, 0.6) is 0 Å². The van der Waals surface area contributed by atoms with Gasteiger partial charge in [-0.25, -0.2) is 8.78 Å². The highest BCUT2D eigenvalue weighted by molar-refractivity contribution is 8.00. The van der Waals surface area contributed by atoms with Gasteiger partial charge in [-0.15, -0.1) is 0 Å². The number of benzene rings is 1. The van der Waals surface area contributed by atoms with Crippen molar-refractivity contribution in [1.29, 1.82) is 0 Å². The molecule has 0 spiro atoms. The third-order valence-corrected chi connectivity index (χ3v) is 4.60. The fraction of sp³-hybridized carbons (Fsp3) is 0.600. The van der Waals surface area contributed by atoms with E-state index in [-0.39, 0.29) is 11.7 Å². The Hall–Kier alpha value is -0.810. The number of thioether (sulfide) groups is 1. The van der Waals surface area contributed by atoms with E-state index >= 15 is 0 Å². The molecule has 1 aliphatic rings. The van der Waals surface area contributed by atoms with Gasteiger partial charge in [-0.05, 0) is 31.0 Å². The van der Waals surface area contributed by atoms with Gasteiger partial charge >= 0.3 is 0 Å². The molecule has 3 unspecified atom stereocenters. The number of rotatable bonds is 3. The van der Waals surface area contributed by atoms with Crippen molar-refractivity contribution in [2.24, 2.45) is 5.73 Å². The monoisotopic (exact) mass is 300 g/mol. The van der Waals surface area contributed by atoms with Crippen molar-refractivity contribution < 1.29 is 8.78 Å². The maximum absolute atomic E-state index is 14.3. The maximum atomic E-state index is 14.3. The van der Waals surface area contributed by atoms with Crippen molar-refractivity contribution in [2.45, 2.75) is 43.7 Å². The molecule has 1 aromatic rings. The minimum atomic E-state index is -0.480.